The van der Waals surface area contributed by atoms with Crippen LogP contribution in [0, 0.1) is 0 Å². The van der Waals surface area contributed by atoms with Crippen LogP contribution in [0.5, 0.6) is 0 Å². The molecule has 2 aromatic rings. The molecule has 1 fully saturated rings. The SMILES string of the molecule is O=C(Cc1c(C(=O)[O-])[nH]c2ccccc12)NC1CCCC1. The quantitative estimate of drug-likeness (QED) is 0.883. The van der Waals surface area contributed by atoms with Crippen molar-refractivity contribution in [2.24, 2.45) is 0 Å². The van der Waals surface area contributed by atoms with Gasteiger partial charge >= 0.3 is 0 Å². The van der Waals surface area contributed by atoms with E-state index in [0.29, 0.717) is 11.1 Å². The minimum Gasteiger partial charge on any atom is -0.543 e. The van der Waals surface area contributed by atoms with Crippen molar-refractivity contribution < 1.29 is 14.7 Å². The number of H-pyrrole nitrogens is 1. The summed E-state index contributed by atoms with van der Waals surface area (Å²) in [6.45, 7) is 0. The predicted molar refractivity (Wildman–Crippen MR) is 76.7 cm³/mol. The topological polar surface area (TPSA) is 85.0 Å². The lowest BCUT2D eigenvalue weighted by Gasteiger charge is -2.12. The lowest BCUT2D eigenvalue weighted by atomic mass is 10.1. The van der Waals surface area contributed by atoms with Crippen LogP contribution >= 0.6 is 0 Å². The summed E-state index contributed by atoms with van der Waals surface area (Å²) in [6.07, 6.45) is 4.36. The number of carbonyl (C=O) groups excluding carboxylic acids is 2. The van der Waals surface area contributed by atoms with E-state index < -0.39 is 5.97 Å². The fourth-order valence-electron chi connectivity index (χ4n) is 3.07. The monoisotopic (exact) mass is 285 g/mol. The lowest BCUT2D eigenvalue weighted by Crippen LogP contribution is -2.34. The standard InChI is InChI=1S/C16H18N2O3/c19-14(17-10-5-1-2-6-10)9-12-11-7-3-4-8-13(11)18-15(12)16(20)21/h3-4,7-8,10,18H,1-2,5-6,9H2,(H,17,19)(H,20,21)/p-1. The van der Waals surface area contributed by atoms with Crippen LogP contribution in [0.3, 0.4) is 0 Å². The molecule has 1 heterocycles. The molecule has 1 aromatic heterocycles. The number of rotatable bonds is 4. The van der Waals surface area contributed by atoms with E-state index in [1.807, 2.05) is 18.2 Å². The van der Waals surface area contributed by atoms with Gasteiger partial charge in [0.25, 0.3) is 0 Å². The number of aromatic nitrogens is 1. The van der Waals surface area contributed by atoms with E-state index in [2.05, 4.69) is 10.3 Å². The molecule has 0 unspecified atom stereocenters. The van der Waals surface area contributed by atoms with Crippen molar-refractivity contribution in [1.29, 1.82) is 0 Å². The Morgan fingerprint density at radius 3 is 2.67 bits per heavy atom. The van der Waals surface area contributed by atoms with E-state index in [-0.39, 0.29) is 24.1 Å². The number of aromatic carboxylic acids is 1. The lowest BCUT2D eigenvalue weighted by molar-refractivity contribution is -0.255. The molecule has 0 saturated heterocycles. The third-order valence-electron chi connectivity index (χ3n) is 4.08. The maximum Gasteiger partial charge on any atom is 0.224 e. The Labute approximate surface area is 122 Å². The van der Waals surface area contributed by atoms with Crippen LogP contribution in [-0.2, 0) is 11.2 Å². The molecule has 1 amide bonds. The third-order valence-corrected chi connectivity index (χ3v) is 4.08. The molecule has 0 spiro atoms. The highest BCUT2D eigenvalue weighted by atomic mass is 16.4. The highest BCUT2D eigenvalue weighted by Crippen LogP contribution is 2.23. The maximum atomic E-state index is 12.1. The maximum absolute atomic E-state index is 12.1. The number of aromatic amines is 1. The highest BCUT2D eigenvalue weighted by Gasteiger charge is 2.20. The van der Waals surface area contributed by atoms with Crippen LogP contribution in [0.25, 0.3) is 10.9 Å². The number of fused-ring (bicyclic) bond motifs is 1. The zero-order chi connectivity index (χ0) is 14.8. The van der Waals surface area contributed by atoms with E-state index in [1.54, 1.807) is 6.07 Å². The average molecular weight is 285 g/mol. The van der Waals surface area contributed by atoms with Gasteiger partial charge in [0.2, 0.25) is 5.91 Å². The number of carboxylic acid groups (broad SMARTS) is 1. The molecular formula is C16H17N2O3-. The number of hydrogen-bond acceptors (Lipinski definition) is 3. The van der Waals surface area contributed by atoms with Crippen molar-refractivity contribution >= 4 is 22.8 Å². The van der Waals surface area contributed by atoms with Crippen LogP contribution < -0.4 is 10.4 Å². The number of para-hydroxylation sites is 1. The predicted octanol–water partition coefficient (Wildman–Crippen LogP) is 1.13. The highest BCUT2D eigenvalue weighted by molar-refractivity contribution is 5.99. The van der Waals surface area contributed by atoms with Gasteiger partial charge in [-0.3, -0.25) is 4.79 Å². The minimum absolute atomic E-state index is 0.00206. The Hall–Kier alpha value is -2.30. The first kappa shape index (κ1) is 13.7. The number of nitrogens with one attached hydrogen (secondary N) is 2. The van der Waals surface area contributed by atoms with E-state index in [9.17, 15) is 14.7 Å². The summed E-state index contributed by atoms with van der Waals surface area (Å²) in [5.74, 6) is -1.41. The van der Waals surface area contributed by atoms with Gasteiger partial charge in [-0.25, -0.2) is 0 Å². The van der Waals surface area contributed by atoms with Crippen molar-refractivity contribution in [2.75, 3.05) is 0 Å². The van der Waals surface area contributed by atoms with Crippen LogP contribution in [0.1, 0.15) is 41.7 Å². The van der Waals surface area contributed by atoms with Gasteiger partial charge in [0.1, 0.15) is 0 Å². The molecular weight excluding hydrogens is 268 g/mol. The molecule has 0 radical (unpaired) electrons. The molecule has 1 saturated carbocycles. The molecule has 0 atom stereocenters. The fraction of sp³-hybridized carbons (Fsp3) is 0.375. The first-order chi connectivity index (χ1) is 10.1. The number of carbonyl (C=O) groups is 2. The van der Waals surface area contributed by atoms with Gasteiger partial charge in [-0.05, 0) is 24.5 Å². The first-order valence-electron chi connectivity index (χ1n) is 7.25. The van der Waals surface area contributed by atoms with Crippen LogP contribution in [-0.4, -0.2) is 22.9 Å². The van der Waals surface area contributed by atoms with E-state index in [1.165, 1.54) is 0 Å². The van der Waals surface area contributed by atoms with E-state index >= 15 is 0 Å². The van der Waals surface area contributed by atoms with Crippen LogP contribution in [0.15, 0.2) is 24.3 Å². The molecule has 110 valence electrons. The summed E-state index contributed by atoms with van der Waals surface area (Å²) >= 11 is 0. The number of amides is 1. The van der Waals surface area contributed by atoms with Crippen molar-refractivity contribution in [3.05, 3.63) is 35.5 Å². The molecule has 1 aliphatic rings. The zero-order valence-electron chi connectivity index (χ0n) is 11.6. The molecule has 0 aliphatic heterocycles. The number of hydrogen-bond donors (Lipinski definition) is 2. The Balaban J connectivity index is 1.86. The number of benzene rings is 1. The van der Waals surface area contributed by atoms with Gasteiger partial charge in [-0.15, -0.1) is 0 Å². The molecule has 5 nitrogen and oxygen atoms in total. The summed E-state index contributed by atoms with van der Waals surface area (Å²) in [6, 6.07) is 7.49. The minimum atomic E-state index is -1.28. The van der Waals surface area contributed by atoms with Crippen molar-refractivity contribution in [1.82, 2.24) is 10.3 Å². The molecule has 0 bridgehead atoms. The van der Waals surface area contributed by atoms with Crippen molar-refractivity contribution in [3.8, 4) is 0 Å². The second-order valence-electron chi connectivity index (χ2n) is 5.54. The normalized spacial score (nSPS) is 15.4. The number of carboxylic acids is 1. The van der Waals surface area contributed by atoms with Gasteiger partial charge in [0.15, 0.2) is 0 Å². The van der Waals surface area contributed by atoms with Gasteiger partial charge in [-0.1, -0.05) is 31.0 Å². The smallest absolute Gasteiger partial charge is 0.224 e. The molecule has 5 heteroatoms. The molecule has 1 aliphatic carbocycles. The fourth-order valence-corrected chi connectivity index (χ4v) is 3.07. The summed E-state index contributed by atoms with van der Waals surface area (Å²) in [5, 5.41) is 15.0. The molecule has 21 heavy (non-hydrogen) atoms. The van der Waals surface area contributed by atoms with Crippen molar-refractivity contribution in [3.63, 3.8) is 0 Å². The zero-order valence-corrected chi connectivity index (χ0v) is 11.6. The summed E-state index contributed by atoms with van der Waals surface area (Å²) in [4.78, 5) is 26.2. The molecule has 1 aromatic carbocycles. The summed E-state index contributed by atoms with van der Waals surface area (Å²) < 4.78 is 0. The van der Waals surface area contributed by atoms with Gasteiger partial charge in [0.05, 0.1) is 18.1 Å². The Kier molecular flexibility index (Phi) is 3.64. The summed E-state index contributed by atoms with van der Waals surface area (Å²) in [7, 11) is 0. The van der Waals surface area contributed by atoms with Gasteiger partial charge < -0.3 is 20.2 Å². The van der Waals surface area contributed by atoms with E-state index in [4.69, 9.17) is 0 Å². The molecule has 3 rings (SSSR count). The van der Waals surface area contributed by atoms with Gasteiger partial charge in [0, 0.05) is 16.9 Å². The average Bonchev–Trinajstić information content (AvgIpc) is 3.07. The van der Waals surface area contributed by atoms with Crippen LogP contribution in [0.2, 0.25) is 0 Å². The van der Waals surface area contributed by atoms with Crippen molar-refractivity contribution in [2.45, 2.75) is 38.1 Å². The summed E-state index contributed by atoms with van der Waals surface area (Å²) in [5.41, 5.74) is 1.21. The Morgan fingerprint density at radius 1 is 1.24 bits per heavy atom. The molecule has 2 N–H and O–H groups in total. The Morgan fingerprint density at radius 2 is 1.95 bits per heavy atom. The largest absolute Gasteiger partial charge is 0.543 e. The Bertz CT molecular complexity index is 684. The van der Waals surface area contributed by atoms with Crippen LogP contribution in [0.4, 0.5) is 0 Å². The van der Waals surface area contributed by atoms with Gasteiger partial charge in [-0.2, -0.15) is 0 Å². The van der Waals surface area contributed by atoms with E-state index in [0.717, 1.165) is 31.1 Å². The first-order valence-corrected chi connectivity index (χ1v) is 7.25. The third kappa shape index (κ3) is 2.77. The second-order valence-corrected chi connectivity index (χ2v) is 5.54. The second kappa shape index (κ2) is 5.60.